The number of aromatic nitrogens is 2. The number of aliphatic imine (C=N–C) groups is 1. The highest BCUT2D eigenvalue weighted by Gasteiger charge is 2.29. The van der Waals surface area contributed by atoms with Gasteiger partial charge in [0.25, 0.3) is 0 Å². The van der Waals surface area contributed by atoms with Gasteiger partial charge in [-0.05, 0) is 29.7 Å². The van der Waals surface area contributed by atoms with Crippen LogP contribution in [0.1, 0.15) is 28.6 Å². The predicted molar refractivity (Wildman–Crippen MR) is 120 cm³/mol. The molecule has 2 atom stereocenters. The topological polar surface area (TPSA) is 109 Å². The zero-order chi connectivity index (χ0) is 22.1. The van der Waals surface area contributed by atoms with Crippen molar-refractivity contribution in [3.8, 4) is 0 Å². The zero-order valence-electron chi connectivity index (χ0n) is 17.1. The molecule has 0 saturated carbocycles. The van der Waals surface area contributed by atoms with E-state index in [1.807, 2.05) is 24.3 Å². The summed E-state index contributed by atoms with van der Waals surface area (Å²) in [7, 11) is 0. The molecular weight excluding hydrogens is 409 g/mol. The lowest BCUT2D eigenvalue weighted by atomic mass is 10.0. The van der Waals surface area contributed by atoms with Crippen molar-refractivity contribution < 1.29 is 9.18 Å². The number of benzene rings is 2. The van der Waals surface area contributed by atoms with E-state index in [1.165, 1.54) is 12.3 Å². The normalized spacial score (nSPS) is 20.2. The molecule has 0 saturated heterocycles. The first-order valence-corrected chi connectivity index (χ1v) is 10.3. The number of rotatable bonds is 5. The third-order valence-electron chi connectivity index (χ3n) is 5.59. The Morgan fingerprint density at radius 1 is 1.28 bits per heavy atom. The molecule has 2 aromatic carbocycles. The van der Waals surface area contributed by atoms with Gasteiger partial charge < -0.3 is 11.1 Å². The number of allylic oxidation sites excluding steroid dienone is 2. The van der Waals surface area contributed by atoms with Gasteiger partial charge in [0.15, 0.2) is 6.29 Å². The molecule has 2 aliphatic heterocycles. The van der Waals surface area contributed by atoms with E-state index < -0.39 is 18.0 Å². The summed E-state index contributed by atoms with van der Waals surface area (Å²) in [4.78, 5) is 16.1. The van der Waals surface area contributed by atoms with Crippen LogP contribution in [0.15, 0.2) is 77.2 Å². The van der Waals surface area contributed by atoms with E-state index in [2.05, 4.69) is 38.2 Å². The summed E-state index contributed by atoms with van der Waals surface area (Å²) < 4.78 is 15.9. The lowest BCUT2D eigenvalue weighted by Crippen LogP contribution is -2.55. The van der Waals surface area contributed by atoms with Gasteiger partial charge in [-0.1, -0.05) is 36.4 Å². The smallest absolute Gasteiger partial charge is 0.249 e. The zero-order valence-corrected chi connectivity index (χ0v) is 17.1. The van der Waals surface area contributed by atoms with Crippen LogP contribution >= 0.6 is 0 Å². The van der Waals surface area contributed by atoms with Crippen LogP contribution in [0, 0.1) is 5.82 Å². The monoisotopic (exact) mass is 431 g/mol. The molecule has 2 aliphatic rings. The van der Waals surface area contributed by atoms with Gasteiger partial charge in [-0.3, -0.25) is 20.4 Å². The van der Waals surface area contributed by atoms with Crippen LogP contribution in [0.3, 0.4) is 0 Å². The van der Waals surface area contributed by atoms with E-state index in [4.69, 9.17) is 5.73 Å². The van der Waals surface area contributed by atoms with Crippen molar-refractivity contribution >= 4 is 23.0 Å². The molecule has 3 aromatic rings. The number of fused-ring (bicyclic) bond motifs is 1. The summed E-state index contributed by atoms with van der Waals surface area (Å²) >= 11 is 0. The number of nitrogens with one attached hydrogen (secondary N) is 3. The first kappa shape index (κ1) is 20.1. The maximum atomic E-state index is 14.2. The fourth-order valence-electron chi connectivity index (χ4n) is 4.05. The Morgan fingerprint density at radius 2 is 2.12 bits per heavy atom. The van der Waals surface area contributed by atoms with Gasteiger partial charge in [0, 0.05) is 18.1 Å². The molecule has 5 rings (SSSR count). The first-order chi connectivity index (χ1) is 15.6. The van der Waals surface area contributed by atoms with Crippen LogP contribution in [0.2, 0.25) is 0 Å². The van der Waals surface area contributed by atoms with Crippen molar-refractivity contribution in [3.63, 3.8) is 0 Å². The summed E-state index contributed by atoms with van der Waals surface area (Å²) in [5.74, 6) is -1.25. The van der Waals surface area contributed by atoms with Crippen molar-refractivity contribution in [1.29, 1.82) is 0 Å². The van der Waals surface area contributed by atoms with Gasteiger partial charge in [-0.25, -0.2) is 9.07 Å². The second-order valence-electron chi connectivity index (χ2n) is 7.66. The largest absolute Gasteiger partial charge is 0.366 e. The van der Waals surface area contributed by atoms with E-state index >= 15 is 0 Å². The van der Waals surface area contributed by atoms with Crippen LogP contribution in [-0.4, -0.2) is 28.1 Å². The summed E-state index contributed by atoms with van der Waals surface area (Å²) in [6.07, 6.45) is 7.08. The average Bonchev–Trinajstić information content (AvgIpc) is 3.06. The molecule has 0 aliphatic carbocycles. The molecule has 2 unspecified atom stereocenters. The number of hydrogen-bond acceptors (Lipinski definition) is 6. The third-order valence-corrected chi connectivity index (χ3v) is 5.59. The molecule has 9 heteroatoms. The van der Waals surface area contributed by atoms with E-state index in [9.17, 15) is 9.18 Å². The third kappa shape index (κ3) is 3.79. The van der Waals surface area contributed by atoms with E-state index in [1.54, 1.807) is 17.1 Å². The van der Waals surface area contributed by atoms with Crippen molar-refractivity contribution in [1.82, 2.24) is 25.7 Å². The lowest BCUT2D eigenvalue weighted by molar-refractivity contribution is 0.100. The molecule has 32 heavy (non-hydrogen) atoms. The van der Waals surface area contributed by atoms with Crippen LogP contribution in [-0.2, 0) is 6.54 Å². The number of nitrogens with zero attached hydrogens (tertiary/aromatic N) is 3. The highest BCUT2D eigenvalue weighted by molar-refractivity contribution is 6.05. The highest BCUT2D eigenvalue weighted by atomic mass is 19.1. The number of amides is 1. The van der Waals surface area contributed by atoms with Crippen LogP contribution < -0.4 is 21.7 Å². The molecule has 0 radical (unpaired) electrons. The maximum Gasteiger partial charge on any atom is 0.249 e. The molecule has 1 amide bonds. The number of carbonyl (C=O) groups excluding carboxylic acids is 1. The summed E-state index contributed by atoms with van der Waals surface area (Å²) in [6.45, 7) is 0.656. The number of carbonyl (C=O) groups is 1. The number of hydrogen-bond donors (Lipinski definition) is 4. The molecule has 0 bridgehead atoms. The molecule has 162 valence electrons. The van der Waals surface area contributed by atoms with Crippen LogP contribution in [0.25, 0.3) is 10.9 Å². The molecule has 8 nitrogen and oxygen atoms in total. The standard InChI is InChI=1S/C23H22FN7O/c24-15-9-17(21(25)32)18-12-28-31(20(18)10-15)23-29-19-13-26-8-4-7-16(19)22(30-23)27-11-14-5-2-1-3-6-14/h1-6,8-10,12-13,22-23,27,29-30H,7,11H2,(H2,25,32). The van der Waals surface area contributed by atoms with Crippen molar-refractivity contribution in [2.24, 2.45) is 10.7 Å². The van der Waals surface area contributed by atoms with Gasteiger partial charge >= 0.3 is 0 Å². The van der Waals surface area contributed by atoms with Gasteiger partial charge in [-0.15, -0.1) is 0 Å². The fourth-order valence-corrected chi connectivity index (χ4v) is 4.05. The highest BCUT2D eigenvalue weighted by Crippen LogP contribution is 2.26. The molecule has 1 aromatic heterocycles. The Morgan fingerprint density at radius 3 is 2.94 bits per heavy atom. The van der Waals surface area contributed by atoms with E-state index in [-0.39, 0.29) is 11.7 Å². The maximum absolute atomic E-state index is 14.2. The summed E-state index contributed by atoms with van der Waals surface area (Å²) in [6, 6.07) is 12.6. The number of nitrogens with two attached hydrogens (primary N) is 1. The van der Waals surface area contributed by atoms with Gasteiger partial charge in [0.05, 0.1) is 35.4 Å². The van der Waals surface area contributed by atoms with Gasteiger partial charge in [0.2, 0.25) is 5.91 Å². The second-order valence-corrected chi connectivity index (χ2v) is 7.66. The first-order valence-electron chi connectivity index (χ1n) is 10.3. The lowest BCUT2D eigenvalue weighted by Gasteiger charge is -2.36. The Bertz CT molecular complexity index is 1260. The van der Waals surface area contributed by atoms with Crippen molar-refractivity contribution in [2.45, 2.75) is 25.4 Å². The van der Waals surface area contributed by atoms with Crippen molar-refractivity contribution in [3.05, 3.63) is 89.2 Å². The van der Waals surface area contributed by atoms with Crippen LogP contribution in [0.4, 0.5) is 4.39 Å². The second kappa shape index (κ2) is 8.37. The predicted octanol–water partition coefficient (Wildman–Crippen LogP) is 2.28. The van der Waals surface area contributed by atoms with E-state index in [0.29, 0.717) is 17.4 Å². The van der Waals surface area contributed by atoms with Gasteiger partial charge in [0.1, 0.15) is 5.82 Å². The quantitative estimate of drug-likeness (QED) is 0.496. The number of halogens is 1. The minimum absolute atomic E-state index is 0.0981. The fraction of sp³-hybridized carbons (Fsp3) is 0.174. The Balaban J connectivity index is 1.50. The molecule has 3 heterocycles. The molecule has 0 fully saturated rings. The minimum Gasteiger partial charge on any atom is -0.366 e. The Labute approximate surface area is 183 Å². The summed E-state index contributed by atoms with van der Waals surface area (Å²) in [5, 5.41) is 15.4. The summed E-state index contributed by atoms with van der Waals surface area (Å²) in [5.41, 5.74) is 9.12. The van der Waals surface area contributed by atoms with Crippen molar-refractivity contribution in [2.75, 3.05) is 0 Å². The van der Waals surface area contributed by atoms with Gasteiger partial charge in [-0.2, -0.15) is 5.10 Å². The minimum atomic E-state index is -0.701. The Kier molecular flexibility index (Phi) is 5.26. The number of primary amides is 1. The molecule has 5 N–H and O–H groups in total. The molecular formula is C23H22FN7O. The average molecular weight is 431 g/mol. The van der Waals surface area contributed by atoms with Crippen LogP contribution in [0.5, 0.6) is 0 Å². The Hall–Kier alpha value is -3.82. The van der Waals surface area contributed by atoms with E-state index in [0.717, 1.165) is 29.3 Å². The SMILES string of the molecule is NC(=O)c1cc(F)cc2c1cnn2C1NC2=C(CC=CN=C2)C(NCc2ccccc2)N1. The molecule has 0 spiro atoms.